The van der Waals surface area contributed by atoms with E-state index in [4.69, 9.17) is 5.11 Å². The second-order valence-corrected chi connectivity index (χ2v) is 2.39. The number of aliphatic hydroxyl groups is 1. The van der Waals surface area contributed by atoms with Gasteiger partial charge in [-0.2, -0.15) is 4.68 Å². The zero-order valence-electron chi connectivity index (χ0n) is 5.44. The van der Waals surface area contributed by atoms with E-state index >= 15 is 0 Å². The molecule has 3 nitrogen and oxygen atoms in total. The first-order valence-corrected chi connectivity index (χ1v) is 3.09. The first kappa shape index (κ1) is 7.57. The molecule has 0 radical (unpaired) electrons. The lowest BCUT2D eigenvalue weighted by molar-refractivity contribution is -0.760. The van der Waals surface area contributed by atoms with E-state index in [-0.39, 0.29) is 18.5 Å². The monoisotopic (exact) mass is 160 g/mol. The quantitative estimate of drug-likeness (QED) is 0.387. The molecule has 0 fully saturated rings. The van der Waals surface area contributed by atoms with Crippen LogP contribution in [0.25, 0.3) is 0 Å². The lowest BCUT2D eigenvalue weighted by Crippen LogP contribution is -3.00. The number of fused-ring (bicyclic) bond motifs is 1. The third kappa shape index (κ3) is 1.02. The Labute approximate surface area is 65.3 Å². The van der Waals surface area contributed by atoms with Crippen LogP contribution < -0.4 is 17.1 Å². The lowest BCUT2D eigenvalue weighted by atomic mass is 10.4. The van der Waals surface area contributed by atoms with Gasteiger partial charge in [0.1, 0.15) is 12.6 Å². The minimum atomic E-state index is -0.175. The molecule has 0 saturated carbocycles. The van der Waals surface area contributed by atoms with Gasteiger partial charge >= 0.3 is 0 Å². The van der Waals surface area contributed by atoms with Crippen molar-refractivity contribution in [2.24, 2.45) is 0 Å². The molecule has 0 spiro atoms. The molecule has 1 aromatic heterocycles. The number of aromatic nitrogens is 2. The highest BCUT2D eigenvalue weighted by molar-refractivity contribution is 4.74. The van der Waals surface area contributed by atoms with Gasteiger partial charge in [-0.3, -0.25) is 0 Å². The fourth-order valence-electron chi connectivity index (χ4n) is 1.23. The highest BCUT2D eigenvalue weighted by atomic mass is 35.5. The topological polar surface area (TPSA) is 29.0 Å². The molecule has 10 heavy (non-hydrogen) atoms. The Morgan fingerprint density at radius 2 is 2.40 bits per heavy atom. The van der Waals surface area contributed by atoms with Crippen LogP contribution in [0.5, 0.6) is 0 Å². The Hall–Kier alpha value is -0.540. The molecule has 2 rings (SSSR count). The SMILES string of the molecule is OC1Cn2ccc[n+]2C1.[Cl-]. The highest BCUT2D eigenvalue weighted by Gasteiger charge is 2.24. The summed E-state index contributed by atoms with van der Waals surface area (Å²) in [4.78, 5) is 0. The molecular formula is C6H9ClN2O. The average molecular weight is 161 g/mol. The predicted molar refractivity (Wildman–Crippen MR) is 30.6 cm³/mol. The maximum absolute atomic E-state index is 9.10. The summed E-state index contributed by atoms with van der Waals surface area (Å²) in [6, 6.07) is 1.98. The maximum Gasteiger partial charge on any atom is 0.199 e. The summed E-state index contributed by atoms with van der Waals surface area (Å²) >= 11 is 0. The van der Waals surface area contributed by atoms with Gasteiger partial charge in [-0.1, -0.05) is 0 Å². The van der Waals surface area contributed by atoms with Crippen molar-refractivity contribution in [3.05, 3.63) is 18.5 Å². The fraction of sp³-hybridized carbons (Fsp3) is 0.500. The zero-order chi connectivity index (χ0) is 6.27. The molecular weight excluding hydrogens is 152 g/mol. The third-order valence-electron chi connectivity index (χ3n) is 1.64. The summed E-state index contributed by atoms with van der Waals surface area (Å²) in [6.07, 6.45) is 3.76. The smallest absolute Gasteiger partial charge is 0.199 e. The van der Waals surface area contributed by atoms with Gasteiger partial charge in [-0.15, -0.1) is 4.68 Å². The van der Waals surface area contributed by atoms with Gasteiger partial charge < -0.3 is 17.5 Å². The van der Waals surface area contributed by atoms with Gasteiger partial charge in [0.25, 0.3) is 0 Å². The molecule has 1 N–H and O–H groups in total. The van der Waals surface area contributed by atoms with Crippen LogP contribution in [-0.2, 0) is 13.1 Å². The second-order valence-electron chi connectivity index (χ2n) is 2.39. The minimum Gasteiger partial charge on any atom is -1.00 e. The molecule has 1 aromatic rings. The number of aliphatic hydroxyl groups excluding tert-OH is 1. The van der Waals surface area contributed by atoms with Crippen LogP contribution in [-0.4, -0.2) is 15.9 Å². The summed E-state index contributed by atoms with van der Waals surface area (Å²) < 4.78 is 4.01. The van der Waals surface area contributed by atoms with E-state index in [1.54, 1.807) is 0 Å². The first-order valence-electron chi connectivity index (χ1n) is 3.09. The summed E-state index contributed by atoms with van der Waals surface area (Å²) in [5, 5.41) is 9.10. The van der Waals surface area contributed by atoms with Crippen LogP contribution in [0.3, 0.4) is 0 Å². The van der Waals surface area contributed by atoms with Crippen molar-refractivity contribution in [3.63, 3.8) is 0 Å². The van der Waals surface area contributed by atoms with Crippen molar-refractivity contribution in [1.82, 2.24) is 4.68 Å². The maximum atomic E-state index is 9.10. The lowest BCUT2D eigenvalue weighted by Gasteiger charge is -1.86. The summed E-state index contributed by atoms with van der Waals surface area (Å²) in [7, 11) is 0. The Morgan fingerprint density at radius 1 is 1.60 bits per heavy atom. The molecule has 4 heteroatoms. The summed E-state index contributed by atoms with van der Waals surface area (Å²) in [6.45, 7) is 1.49. The molecule has 0 saturated heterocycles. The number of nitrogens with zero attached hydrogens (tertiary/aromatic N) is 2. The second kappa shape index (κ2) is 2.60. The molecule has 56 valence electrons. The van der Waals surface area contributed by atoms with Gasteiger partial charge in [-0.05, 0) is 0 Å². The molecule has 0 amide bonds. The zero-order valence-corrected chi connectivity index (χ0v) is 6.20. The molecule has 1 aliphatic heterocycles. The Morgan fingerprint density at radius 3 is 3.10 bits per heavy atom. The van der Waals surface area contributed by atoms with Crippen LogP contribution in [0.2, 0.25) is 0 Å². The molecule has 0 unspecified atom stereocenters. The minimum absolute atomic E-state index is 0. The Bertz CT molecular complexity index is 203. The van der Waals surface area contributed by atoms with Gasteiger partial charge in [0.2, 0.25) is 0 Å². The molecule has 0 aromatic carbocycles. The van der Waals surface area contributed by atoms with E-state index in [1.807, 2.05) is 27.8 Å². The molecule has 2 heterocycles. The largest absolute Gasteiger partial charge is 1.00 e. The van der Waals surface area contributed by atoms with E-state index in [9.17, 15) is 0 Å². The molecule has 1 aliphatic rings. The van der Waals surface area contributed by atoms with Gasteiger partial charge in [-0.25, -0.2) is 0 Å². The van der Waals surface area contributed by atoms with E-state index < -0.39 is 0 Å². The van der Waals surface area contributed by atoms with Crippen molar-refractivity contribution in [1.29, 1.82) is 0 Å². The standard InChI is InChI=1S/C6H9N2O.ClH/c9-6-4-7-2-1-3-8(7)5-6;/h1-3,6,9H,4-5H2;1H/q+1;/p-1. The van der Waals surface area contributed by atoms with Crippen molar-refractivity contribution in [3.8, 4) is 0 Å². The molecule has 0 aliphatic carbocycles. The molecule has 0 bridgehead atoms. The van der Waals surface area contributed by atoms with Crippen LogP contribution in [0.15, 0.2) is 18.5 Å². The predicted octanol–water partition coefficient (Wildman–Crippen LogP) is -3.85. The van der Waals surface area contributed by atoms with Crippen LogP contribution in [0, 0.1) is 0 Å². The van der Waals surface area contributed by atoms with Crippen LogP contribution in [0.1, 0.15) is 0 Å². The third-order valence-corrected chi connectivity index (χ3v) is 1.64. The van der Waals surface area contributed by atoms with E-state index in [2.05, 4.69) is 0 Å². The van der Waals surface area contributed by atoms with Crippen molar-refractivity contribution < 1.29 is 22.2 Å². The van der Waals surface area contributed by atoms with E-state index in [0.29, 0.717) is 0 Å². The van der Waals surface area contributed by atoms with Gasteiger partial charge in [0.15, 0.2) is 12.7 Å². The van der Waals surface area contributed by atoms with E-state index in [1.165, 1.54) is 0 Å². The Balaban J connectivity index is 0.000000500. The number of halogens is 1. The number of rotatable bonds is 0. The van der Waals surface area contributed by atoms with Crippen LogP contribution >= 0.6 is 0 Å². The molecule has 0 atom stereocenters. The first-order chi connectivity index (χ1) is 4.36. The van der Waals surface area contributed by atoms with E-state index in [0.717, 1.165) is 13.1 Å². The highest BCUT2D eigenvalue weighted by Crippen LogP contribution is 1.97. The fourth-order valence-corrected chi connectivity index (χ4v) is 1.23. The summed E-state index contributed by atoms with van der Waals surface area (Å²) in [5.74, 6) is 0. The average Bonchev–Trinajstić information content (AvgIpc) is 2.22. The van der Waals surface area contributed by atoms with Crippen LogP contribution in [0.4, 0.5) is 0 Å². The number of hydrogen-bond donors (Lipinski definition) is 1. The van der Waals surface area contributed by atoms with Crippen molar-refractivity contribution in [2.75, 3.05) is 0 Å². The van der Waals surface area contributed by atoms with Crippen molar-refractivity contribution in [2.45, 2.75) is 19.2 Å². The van der Waals surface area contributed by atoms with Crippen molar-refractivity contribution >= 4 is 0 Å². The summed E-state index contributed by atoms with van der Waals surface area (Å²) in [5.41, 5.74) is 0. The number of hydrogen-bond acceptors (Lipinski definition) is 1. The van der Waals surface area contributed by atoms with Gasteiger partial charge in [0, 0.05) is 6.07 Å². The normalized spacial score (nSPS) is 21.9. The van der Waals surface area contributed by atoms with Gasteiger partial charge in [0.05, 0.1) is 6.20 Å². The Kier molecular flexibility index (Phi) is 1.97.